The summed E-state index contributed by atoms with van der Waals surface area (Å²) in [5, 5.41) is 29.8. The van der Waals surface area contributed by atoms with Gasteiger partial charge in [0.1, 0.15) is 23.1 Å². The highest BCUT2D eigenvalue weighted by Crippen LogP contribution is 2.47. The fraction of sp³-hybridized carbons (Fsp3) is 0.286. The lowest BCUT2D eigenvalue weighted by molar-refractivity contribution is -0.148. The number of carbonyl (C=O) groups is 1. The molecule has 3 saturated carbocycles. The normalized spacial score (nSPS) is 22.4. The van der Waals surface area contributed by atoms with Crippen LogP contribution in [-0.4, -0.2) is 32.3 Å². The molecule has 10 heteroatoms. The van der Waals surface area contributed by atoms with Crippen molar-refractivity contribution in [2.75, 3.05) is 5.32 Å². The van der Waals surface area contributed by atoms with Crippen molar-refractivity contribution in [3.05, 3.63) is 65.5 Å². The number of aliphatic carboxylic acids is 1. The molecule has 2 aromatic heterocycles. The first-order valence-corrected chi connectivity index (χ1v) is 12.4. The molecular formula is C28H22F3N5O2. The monoisotopic (exact) mass is 517 g/mol. The zero-order valence-electron chi connectivity index (χ0n) is 20.0. The van der Waals surface area contributed by atoms with Gasteiger partial charge in [0.25, 0.3) is 0 Å². The third-order valence-electron chi connectivity index (χ3n) is 7.93. The molecule has 0 spiro atoms. The lowest BCUT2D eigenvalue weighted by atomic mass is 9.61. The molecule has 2 bridgehead atoms. The Bertz CT molecular complexity index is 1610. The molecule has 7 rings (SSSR count). The Kier molecular flexibility index (Phi) is 5.79. The maximum Gasteiger partial charge on any atom is 0.308 e. The molecule has 0 saturated heterocycles. The fourth-order valence-electron chi connectivity index (χ4n) is 6.22. The van der Waals surface area contributed by atoms with Crippen molar-refractivity contribution in [2.24, 2.45) is 17.8 Å². The average molecular weight is 518 g/mol. The fourth-order valence-corrected chi connectivity index (χ4v) is 6.22. The van der Waals surface area contributed by atoms with Gasteiger partial charge in [-0.2, -0.15) is 10.4 Å². The Morgan fingerprint density at radius 3 is 2.47 bits per heavy atom. The quantitative estimate of drug-likeness (QED) is 0.305. The summed E-state index contributed by atoms with van der Waals surface area (Å²) in [6.07, 6.45) is 3.26. The molecule has 3 aliphatic rings. The molecule has 0 radical (unpaired) electrons. The number of carboxylic acid groups (broad SMARTS) is 1. The number of pyridine rings is 1. The number of fused-ring (bicyclic) bond motifs is 4. The van der Waals surface area contributed by atoms with Gasteiger partial charge in [0.2, 0.25) is 0 Å². The molecule has 3 N–H and O–H groups in total. The molecule has 0 unspecified atom stereocenters. The Morgan fingerprint density at radius 1 is 1.08 bits per heavy atom. The van der Waals surface area contributed by atoms with E-state index in [0.29, 0.717) is 11.6 Å². The van der Waals surface area contributed by atoms with Crippen LogP contribution in [0.25, 0.3) is 33.4 Å². The molecule has 7 nitrogen and oxygen atoms in total. The summed E-state index contributed by atoms with van der Waals surface area (Å²) in [6, 6.07) is 11.6. The van der Waals surface area contributed by atoms with Gasteiger partial charge in [0.05, 0.1) is 17.2 Å². The molecule has 0 aliphatic heterocycles. The van der Waals surface area contributed by atoms with Crippen molar-refractivity contribution >= 4 is 22.7 Å². The second-order valence-electron chi connectivity index (χ2n) is 9.94. The highest BCUT2D eigenvalue weighted by molar-refractivity contribution is 5.95. The van der Waals surface area contributed by atoms with E-state index in [1.165, 1.54) is 0 Å². The maximum atomic E-state index is 16.2. The summed E-state index contributed by atoms with van der Waals surface area (Å²) in [5.74, 6) is -4.41. The minimum absolute atomic E-state index is 0.0213. The van der Waals surface area contributed by atoms with Crippen molar-refractivity contribution in [2.45, 2.75) is 31.7 Å². The van der Waals surface area contributed by atoms with Crippen LogP contribution < -0.4 is 5.32 Å². The second-order valence-corrected chi connectivity index (χ2v) is 9.94. The Morgan fingerprint density at radius 2 is 1.79 bits per heavy atom. The van der Waals surface area contributed by atoms with E-state index in [1.807, 2.05) is 6.07 Å². The summed E-state index contributed by atoms with van der Waals surface area (Å²) in [7, 11) is 0. The Labute approximate surface area is 215 Å². The van der Waals surface area contributed by atoms with E-state index in [9.17, 15) is 23.9 Å². The highest BCUT2D eigenvalue weighted by atomic mass is 19.1. The van der Waals surface area contributed by atoms with Gasteiger partial charge in [-0.15, -0.1) is 0 Å². The summed E-state index contributed by atoms with van der Waals surface area (Å²) >= 11 is 0. The molecule has 2 heterocycles. The third-order valence-corrected chi connectivity index (χ3v) is 7.93. The van der Waals surface area contributed by atoms with Crippen LogP contribution in [0.1, 0.15) is 31.2 Å². The number of H-pyrrole nitrogens is 1. The number of rotatable bonds is 5. The number of hydrogen-bond acceptors (Lipinski definition) is 5. The third kappa shape index (κ3) is 3.77. The molecule has 3 fully saturated rings. The number of halogens is 3. The zero-order valence-corrected chi connectivity index (χ0v) is 20.0. The summed E-state index contributed by atoms with van der Waals surface area (Å²) in [6.45, 7) is 0. The number of aromatic amines is 1. The van der Waals surface area contributed by atoms with Crippen LogP contribution in [0.15, 0.2) is 42.5 Å². The topological polar surface area (TPSA) is 115 Å². The molecule has 192 valence electrons. The van der Waals surface area contributed by atoms with E-state index in [4.69, 9.17) is 0 Å². The van der Waals surface area contributed by atoms with Crippen molar-refractivity contribution in [3.8, 4) is 28.6 Å². The van der Waals surface area contributed by atoms with E-state index >= 15 is 4.39 Å². The summed E-state index contributed by atoms with van der Waals surface area (Å²) < 4.78 is 44.8. The molecule has 38 heavy (non-hydrogen) atoms. The first-order chi connectivity index (χ1) is 18.4. The number of nitrogens with zero attached hydrogens (tertiary/aromatic N) is 3. The number of hydrogen-bond donors (Lipinski definition) is 3. The summed E-state index contributed by atoms with van der Waals surface area (Å²) in [4.78, 5) is 16.6. The summed E-state index contributed by atoms with van der Waals surface area (Å²) in [5.41, 5.74) is 0.0605. The standard InChI is InChI=1S/C28H22F3N5O2/c29-16-10-17-24(19(30)11-16)35-36-26(17)25-18(12-32)20(13-4-2-1-3-5-13)22(31)27(34-25)33-23-15-8-6-14(7-9-15)21(23)28(37)38/h1-5,10-11,14-15,21,23H,6-9H2,(H,33,34)(H,35,36)(H,37,38)/t14?,15?,21-,23-/m0/s1. The van der Waals surface area contributed by atoms with E-state index in [2.05, 4.69) is 20.5 Å². The van der Waals surface area contributed by atoms with E-state index in [1.54, 1.807) is 30.3 Å². The number of aromatic nitrogens is 3. The van der Waals surface area contributed by atoms with Crippen LogP contribution in [0.3, 0.4) is 0 Å². The first-order valence-electron chi connectivity index (χ1n) is 12.4. The predicted octanol–water partition coefficient (Wildman–Crippen LogP) is 5.88. The van der Waals surface area contributed by atoms with E-state index < -0.39 is 35.4 Å². The molecule has 0 amide bonds. The van der Waals surface area contributed by atoms with Crippen LogP contribution in [0.5, 0.6) is 0 Å². The van der Waals surface area contributed by atoms with Gasteiger partial charge in [-0.25, -0.2) is 18.2 Å². The lowest BCUT2D eigenvalue weighted by Gasteiger charge is -2.47. The van der Waals surface area contributed by atoms with Gasteiger partial charge in [0, 0.05) is 23.1 Å². The van der Waals surface area contributed by atoms with Gasteiger partial charge in [-0.3, -0.25) is 9.89 Å². The van der Waals surface area contributed by atoms with Crippen LogP contribution in [-0.2, 0) is 4.79 Å². The average Bonchev–Trinajstić information content (AvgIpc) is 3.34. The SMILES string of the molecule is N#Cc1c(-c2[nH]nc3c(F)cc(F)cc23)nc(N[C@H]2C3CCC(CC3)[C@@H]2C(=O)O)c(F)c1-c1ccccc1. The largest absolute Gasteiger partial charge is 0.481 e. The Balaban J connectivity index is 1.58. The van der Waals surface area contributed by atoms with Crippen LogP contribution in [0.4, 0.5) is 19.0 Å². The number of carboxylic acids is 1. The van der Waals surface area contributed by atoms with Crippen molar-refractivity contribution < 1.29 is 23.1 Å². The van der Waals surface area contributed by atoms with Crippen molar-refractivity contribution in [1.29, 1.82) is 5.26 Å². The second kappa shape index (κ2) is 9.17. The van der Waals surface area contributed by atoms with Gasteiger partial charge in [-0.05, 0) is 49.1 Å². The van der Waals surface area contributed by atoms with Crippen LogP contribution >= 0.6 is 0 Å². The number of nitriles is 1. The molecule has 2 aromatic carbocycles. The smallest absolute Gasteiger partial charge is 0.308 e. The van der Waals surface area contributed by atoms with Gasteiger partial charge in [0.15, 0.2) is 17.5 Å². The van der Waals surface area contributed by atoms with Gasteiger partial charge < -0.3 is 10.4 Å². The first kappa shape index (κ1) is 24.0. The van der Waals surface area contributed by atoms with Gasteiger partial charge in [-0.1, -0.05) is 30.3 Å². The predicted molar refractivity (Wildman–Crippen MR) is 133 cm³/mol. The molecular weight excluding hydrogens is 495 g/mol. The zero-order chi connectivity index (χ0) is 26.6. The number of nitrogens with one attached hydrogen (secondary N) is 2. The molecule has 2 atom stereocenters. The van der Waals surface area contributed by atoms with E-state index in [0.717, 1.165) is 31.7 Å². The van der Waals surface area contributed by atoms with Gasteiger partial charge >= 0.3 is 5.97 Å². The van der Waals surface area contributed by atoms with Crippen molar-refractivity contribution in [1.82, 2.24) is 15.2 Å². The van der Waals surface area contributed by atoms with Crippen LogP contribution in [0.2, 0.25) is 0 Å². The van der Waals surface area contributed by atoms with Crippen molar-refractivity contribution in [3.63, 3.8) is 0 Å². The molecule has 4 aromatic rings. The number of benzene rings is 2. The van der Waals surface area contributed by atoms with Crippen LogP contribution in [0, 0.1) is 46.5 Å². The Hall–Kier alpha value is -4.39. The highest BCUT2D eigenvalue weighted by Gasteiger charge is 2.47. The number of anilines is 1. The maximum absolute atomic E-state index is 16.2. The molecule has 3 aliphatic carbocycles. The minimum Gasteiger partial charge on any atom is -0.481 e. The van der Waals surface area contributed by atoms with E-state index in [-0.39, 0.29) is 51.1 Å². The lowest BCUT2D eigenvalue weighted by Crippen LogP contribution is -2.51. The minimum atomic E-state index is -0.944.